The minimum atomic E-state index is 0.932. The molecule has 4 heteroatoms. The first-order chi connectivity index (χ1) is 8.43. The second kappa shape index (κ2) is 3.62. The van der Waals surface area contributed by atoms with Crippen LogP contribution < -0.4 is 0 Å². The Bertz CT molecular complexity index is 654. The molecule has 3 heterocycles. The summed E-state index contributed by atoms with van der Waals surface area (Å²) in [4.78, 5) is 6.83. The van der Waals surface area contributed by atoms with Crippen LogP contribution in [0.5, 0.6) is 0 Å². The topological polar surface area (TPSA) is 15.6 Å². The Hall–Kier alpha value is -1.26. The SMILES string of the molecule is C1=C(c2csc3ccccc23)N2CCN=C2S1. The standard InChI is InChI=1S/C13H10N2S2/c1-2-4-12-9(3-1)10(7-16-12)11-8-17-13-14-5-6-15(11)13/h1-4,7-8H,5-6H2. The monoisotopic (exact) mass is 258 g/mol. The Kier molecular flexibility index (Phi) is 2.07. The first kappa shape index (κ1) is 9.74. The molecule has 2 aromatic rings. The number of nitrogens with zero attached hydrogens (tertiary/aromatic N) is 2. The van der Waals surface area contributed by atoms with Gasteiger partial charge in [0.25, 0.3) is 0 Å². The minimum absolute atomic E-state index is 0.932. The van der Waals surface area contributed by atoms with Crippen LogP contribution in [0.4, 0.5) is 0 Å². The lowest BCUT2D eigenvalue weighted by Gasteiger charge is -2.15. The van der Waals surface area contributed by atoms with Gasteiger partial charge in [-0.3, -0.25) is 4.99 Å². The predicted octanol–water partition coefficient (Wildman–Crippen LogP) is 3.62. The number of fused-ring (bicyclic) bond motifs is 2. The van der Waals surface area contributed by atoms with Crippen LogP contribution in [0.2, 0.25) is 0 Å². The lowest BCUT2D eigenvalue weighted by molar-refractivity contribution is 0.651. The highest BCUT2D eigenvalue weighted by atomic mass is 32.2. The Morgan fingerprint density at radius 2 is 2.18 bits per heavy atom. The Labute approximate surface area is 108 Å². The van der Waals surface area contributed by atoms with Crippen molar-refractivity contribution < 1.29 is 0 Å². The molecule has 0 atom stereocenters. The van der Waals surface area contributed by atoms with Crippen LogP contribution in [0.3, 0.4) is 0 Å². The molecule has 1 aromatic carbocycles. The van der Waals surface area contributed by atoms with Crippen LogP contribution in [0, 0.1) is 0 Å². The molecule has 4 rings (SSSR count). The van der Waals surface area contributed by atoms with Crippen molar-refractivity contribution in [1.82, 2.24) is 4.90 Å². The zero-order valence-corrected chi connectivity index (χ0v) is 10.7. The maximum absolute atomic E-state index is 4.49. The third-order valence-corrected chi connectivity index (χ3v) is 4.99. The maximum Gasteiger partial charge on any atom is 0.168 e. The number of aliphatic imine (C=N–C) groups is 1. The molecule has 0 bridgehead atoms. The van der Waals surface area contributed by atoms with Gasteiger partial charge in [-0.2, -0.15) is 0 Å². The summed E-state index contributed by atoms with van der Waals surface area (Å²) in [5, 5.41) is 7.01. The van der Waals surface area contributed by atoms with E-state index < -0.39 is 0 Å². The van der Waals surface area contributed by atoms with Gasteiger partial charge in [-0.05, 0) is 6.07 Å². The molecule has 2 nitrogen and oxygen atoms in total. The van der Waals surface area contributed by atoms with Gasteiger partial charge < -0.3 is 4.90 Å². The molecule has 0 saturated heterocycles. The zero-order chi connectivity index (χ0) is 11.2. The van der Waals surface area contributed by atoms with Crippen molar-refractivity contribution in [1.29, 1.82) is 0 Å². The van der Waals surface area contributed by atoms with Crippen molar-refractivity contribution in [3.05, 3.63) is 40.6 Å². The number of thioether (sulfide) groups is 1. The molecular formula is C13H10N2S2. The second-order valence-corrected chi connectivity index (χ2v) is 5.83. The number of rotatable bonds is 1. The quantitative estimate of drug-likeness (QED) is 0.776. The van der Waals surface area contributed by atoms with E-state index in [1.54, 1.807) is 11.8 Å². The number of hydrogen-bond donors (Lipinski definition) is 0. The molecule has 17 heavy (non-hydrogen) atoms. The predicted molar refractivity (Wildman–Crippen MR) is 76.4 cm³/mol. The van der Waals surface area contributed by atoms with Gasteiger partial charge in [-0.1, -0.05) is 30.0 Å². The van der Waals surface area contributed by atoms with Crippen molar-refractivity contribution in [2.45, 2.75) is 0 Å². The van der Waals surface area contributed by atoms with E-state index in [0.29, 0.717) is 0 Å². The van der Waals surface area contributed by atoms with E-state index in [1.165, 1.54) is 21.3 Å². The number of thiophene rings is 1. The molecule has 0 spiro atoms. The van der Waals surface area contributed by atoms with E-state index in [-0.39, 0.29) is 0 Å². The van der Waals surface area contributed by atoms with Crippen LogP contribution in [0.15, 0.2) is 40.0 Å². The van der Waals surface area contributed by atoms with Crippen molar-refractivity contribution in [2.24, 2.45) is 4.99 Å². The molecule has 0 aliphatic carbocycles. The number of benzene rings is 1. The Balaban J connectivity index is 1.88. The summed E-state index contributed by atoms with van der Waals surface area (Å²) in [6.07, 6.45) is 0. The van der Waals surface area contributed by atoms with E-state index in [9.17, 15) is 0 Å². The van der Waals surface area contributed by atoms with E-state index in [0.717, 1.165) is 18.3 Å². The average molecular weight is 258 g/mol. The van der Waals surface area contributed by atoms with Gasteiger partial charge in [0.15, 0.2) is 5.17 Å². The highest BCUT2D eigenvalue weighted by molar-refractivity contribution is 8.16. The molecule has 84 valence electrons. The van der Waals surface area contributed by atoms with Crippen molar-refractivity contribution in [3.63, 3.8) is 0 Å². The molecule has 1 aromatic heterocycles. The molecule has 0 fully saturated rings. The highest BCUT2D eigenvalue weighted by Crippen LogP contribution is 2.39. The van der Waals surface area contributed by atoms with Crippen LogP contribution in [-0.2, 0) is 0 Å². The molecule has 0 radical (unpaired) electrons. The lowest BCUT2D eigenvalue weighted by atomic mass is 10.1. The van der Waals surface area contributed by atoms with Gasteiger partial charge in [-0.15, -0.1) is 11.3 Å². The number of amidine groups is 1. The summed E-state index contributed by atoms with van der Waals surface area (Å²) in [7, 11) is 0. The van der Waals surface area contributed by atoms with Crippen LogP contribution >= 0.6 is 23.1 Å². The van der Waals surface area contributed by atoms with Crippen LogP contribution in [0.1, 0.15) is 5.56 Å². The van der Waals surface area contributed by atoms with Gasteiger partial charge >= 0.3 is 0 Å². The van der Waals surface area contributed by atoms with E-state index in [1.807, 2.05) is 11.3 Å². The summed E-state index contributed by atoms with van der Waals surface area (Å²) in [6.45, 7) is 1.96. The first-order valence-electron chi connectivity index (χ1n) is 5.59. The van der Waals surface area contributed by atoms with E-state index >= 15 is 0 Å². The number of hydrogen-bond acceptors (Lipinski definition) is 4. The minimum Gasteiger partial charge on any atom is -0.318 e. The maximum atomic E-state index is 4.49. The lowest BCUT2D eigenvalue weighted by Crippen LogP contribution is -2.19. The molecule has 0 unspecified atom stereocenters. The molecule has 0 saturated carbocycles. The fourth-order valence-electron chi connectivity index (χ4n) is 2.31. The Morgan fingerprint density at radius 3 is 3.18 bits per heavy atom. The third kappa shape index (κ3) is 1.37. The first-order valence-corrected chi connectivity index (χ1v) is 7.35. The fraction of sp³-hybridized carbons (Fsp3) is 0.154. The third-order valence-electron chi connectivity index (χ3n) is 3.13. The summed E-state index contributed by atoms with van der Waals surface area (Å²) in [6, 6.07) is 8.60. The van der Waals surface area contributed by atoms with Gasteiger partial charge in [0.2, 0.25) is 0 Å². The Morgan fingerprint density at radius 1 is 1.24 bits per heavy atom. The van der Waals surface area contributed by atoms with Crippen molar-refractivity contribution >= 4 is 44.0 Å². The van der Waals surface area contributed by atoms with Gasteiger partial charge in [0, 0.05) is 33.0 Å². The van der Waals surface area contributed by atoms with Crippen LogP contribution in [-0.4, -0.2) is 23.2 Å². The fourth-order valence-corrected chi connectivity index (χ4v) is 4.22. The summed E-state index contributed by atoms with van der Waals surface area (Å²) in [5.74, 6) is 0. The van der Waals surface area contributed by atoms with Gasteiger partial charge in [-0.25, -0.2) is 0 Å². The zero-order valence-electron chi connectivity index (χ0n) is 9.09. The largest absolute Gasteiger partial charge is 0.318 e. The van der Waals surface area contributed by atoms with E-state index in [2.05, 4.69) is 44.9 Å². The summed E-state index contributed by atoms with van der Waals surface area (Å²) in [5.41, 5.74) is 2.67. The van der Waals surface area contributed by atoms with Crippen LogP contribution in [0.25, 0.3) is 15.8 Å². The molecule has 0 N–H and O–H groups in total. The van der Waals surface area contributed by atoms with Crippen molar-refractivity contribution in [2.75, 3.05) is 13.1 Å². The highest BCUT2D eigenvalue weighted by Gasteiger charge is 2.28. The molecule has 2 aliphatic heterocycles. The normalized spacial score (nSPS) is 18.5. The molecular weight excluding hydrogens is 248 g/mol. The van der Waals surface area contributed by atoms with E-state index in [4.69, 9.17) is 0 Å². The average Bonchev–Trinajstić information content (AvgIpc) is 3.02. The molecule has 0 amide bonds. The van der Waals surface area contributed by atoms with Gasteiger partial charge in [0.05, 0.1) is 12.2 Å². The smallest absolute Gasteiger partial charge is 0.168 e. The van der Waals surface area contributed by atoms with Gasteiger partial charge in [0.1, 0.15) is 0 Å². The van der Waals surface area contributed by atoms with Crippen molar-refractivity contribution in [3.8, 4) is 0 Å². The molecule has 2 aliphatic rings. The summed E-state index contributed by atoms with van der Waals surface area (Å²) >= 11 is 3.56. The summed E-state index contributed by atoms with van der Waals surface area (Å²) < 4.78 is 1.36. The second-order valence-electron chi connectivity index (χ2n) is 4.08.